The van der Waals surface area contributed by atoms with Gasteiger partial charge in [0, 0.05) is 31.7 Å². The van der Waals surface area contributed by atoms with Crippen LogP contribution in [0.1, 0.15) is 10.4 Å². The second-order valence-corrected chi connectivity index (χ2v) is 3.70. The molecule has 0 aliphatic carbocycles. The molecule has 1 aliphatic rings. The summed E-state index contributed by atoms with van der Waals surface area (Å²) in [4.78, 5) is 17.2. The van der Waals surface area contributed by atoms with Crippen LogP contribution in [0.25, 0.3) is 4.85 Å². The number of benzene rings is 1. The van der Waals surface area contributed by atoms with E-state index in [1.165, 1.54) is 0 Å². The second kappa shape index (κ2) is 4.77. The number of carbonyl (C=O) groups excluding carboxylic acids is 1. The van der Waals surface area contributed by atoms with Crippen LogP contribution >= 0.6 is 0 Å². The minimum Gasteiger partial charge on any atom is -0.336 e. The summed E-state index contributed by atoms with van der Waals surface area (Å²) in [6.07, 6.45) is 0. The van der Waals surface area contributed by atoms with Gasteiger partial charge in [-0.05, 0) is 0 Å². The summed E-state index contributed by atoms with van der Waals surface area (Å²) in [6.45, 7) is 10.1. The van der Waals surface area contributed by atoms with Crippen molar-refractivity contribution in [1.29, 1.82) is 0 Å². The predicted molar refractivity (Wildman–Crippen MR) is 61.5 cm³/mol. The normalized spacial score (nSPS) is 15.6. The van der Waals surface area contributed by atoms with E-state index in [4.69, 9.17) is 6.57 Å². The SMILES string of the molecule is [C-]#[N+]c1ccc(C(=O)N2CCNCC2)cc1. The zero-order chi connectivity index (χ0) is 11.4. The maximum absolute atomic E-state index is 12.0. The van der Waals surface area contributed by atoms with Crippen LogP contribution in [0.4, 0.5) is 5.69 Å². The monoisotopic (exact) mass is 215 g/mol. The van der Waals surface area contributed by atoms with Crippen molar-refractivity contribution in [2.75, 3.05) is 26.2 Å². The lowest BCUT2D eigenvalue weighted by Crippen LogP contribution is -2.46. The fourth-order valence-electron chi connectivity index (χ4n) is 1.73. The van der Waals surface area contributed by atoms with Crippen molar-refractivity contribution in [2.45, 2.75) is 0 Å². The van der Waals surface area contributed by atoms with Gasteiger partial charge in [0.25, 0.3) is 5.91 Å². The van der Waals surface area contributed by atoms with E-state index < -0.39 is 0 Å². The molecular formula is C12H13N3O. The molecule has 1 N–H and O–H groups in total. The zero-order valence-corrected chi connectivity index (χ0v) is 8.94. The van der Waals surface area contributed by atoms with E-state index in [1.807, 2.05) is 4.90 Å². The van der Waals surface area contributed by atoms with Gasteiger partial charge >= 0.3 is 0 Å². The summed E-state index contributed by atoms with van der Waals surface area (Å²) >= 11 is 0. The first kappa shape index (κ1) is 10.7. The highest BCUT2D eigenvalue weighted by molar-refractivity contribution is 5.94. The van der Waals surface area contributed by atoms with Crippen LogP contribution in [0.3, 0.4) is 0 Å². The fraction of sp³-hybridized carbons (Fsp3) is 0.333. The Kier molecular flexibility index (Phi) is 3.18. The van der Waals surface area contributed by atoms with Gasteiger partial charge in [-0.3, -0.25) is 4.79 Å². The van der Waals surface area contributed by atoms with Crippen LogP contribution in [0.15, 0.2) is 24.3 Å². The molecule has 1 heterocycles. The molecule has 1 saturated heterocycles. The van der Waals surface area contributed by atoms with E-state index in [9.17, 15) is 4.79 Å². The predicted octanol–water partition coefficient (Wildman–Crippen LogP) is 1.28. The molecule has 0 radical (unpaired) electrons. The van der Waals surface area contributed by atoms with Gasteiger partial charge in [0.05, 0.1) is 6.57 Å². The molecule has 1 fully saturated rings. The lowest BCUT2D eigenvalue weighted by atomic mass is 10.1. The van der Waals surface area contributed by atoms with Crippen LogP contribution in [0.2, 0.25) is 0 Å². The van der Waals surface area contributed by atoms with Gasteiger partial charge in [-0.25, -0.2) is 4.85 Å². The molecule has 0 bridgehead atoms. The molecular weight excluding hydrogens is 202 g/mol. The molecule has 1 aromatic carbocycles. The Morgan fingerprint density at radius 1 is 1.25 bits per heavy atom. The van der Waals surface area contributed by atoms with Gasteiger partial charge in [-0.1, -0.05) is 24.3 Å². The Bertz CT molecular complexity index is 413. The van der Waals surface area contributed by atoms with Crippen LogP contribution in [0.5, 0.6) is 0 Å². The lowest BCUT2D eigenvalue weighted by molar-refractivity contribution is 0.0736. The summed E-state index contributed by atoms with van der Waals surface area (Å²) in [5, 5.41) is 3.21. The van der Waals surface area contributed by atoms with Gasteiger partial charge in [-0.15, -0.1) is 0 Å². The largest absolute Gasteiger partial charge is 0.336 e. The summed E-state index contributed by atoms with van der Waals surface area (Å²) in [6, 6.07) is 6.81. The van der Waals surface area contributed by atoms with Crippen molar-refractivity contribution in [1.82, 2.24) is 10.2 Å². The number of amides is 1. The number of piperazine rings is 1. The molecule has 0 saturated carbocycles. The third-order valence-electron chi connectivity index (χ3n) is 2.65. The van der Waals surface area contributed by atoms with Gasteiger partial charge in [0.15, 0.2) is 5.69 Å². The number of hydrogen-bond acceptors (Lipinski definition) is 2. The molecule has 0 unspecified atom stereocenters. The Morgan fingerprint density at radius 2 is 1.88 bits per heavy atom. The zero-order valence-electron chi connectivity index (χ0n) is 8.94. The minimum atomic E-state index is 0.0537. The standard InChI is InChI=1S/C12H13N3O/c1-13-11-4-2-10(3-5-11)12(16)15-8-6-14-7-9-15/h2-5,14H,6-9H2. The van der Waals surface area contributed by atoms with Crippen molar-refractivity contribution >= 4 is 11.6 Å². The van der Waals surface area contributed by atoms with Crippen molar-refractivity contribution in [3.63, 3.8) is 0 Å². The molecule has 1 amide bonds. The summed E-state index contributed by atoms with van der Waals surface area (Å²) < 4.78 is 0. The van der Waals surface area contributed by atoms with Crippen LogP contribution in [-0.2, 0) is 0 Å². The van der Waals surface area contributed by atoms with E-state index in [-0.39, 0.29) is 5.91 Å². The first-order valence-electron chi connectivity index (χ1n) is 5.29. The molecule has 16 heavy (non-hydrogen) atoms. The van der Waals surface area contributed by atoms with Crippen molar-refractivity contribution in [2.24, 2.45) is 0 Å². The summed E-state index contributed by atoms with van der Waals surface area (Å²) in [5.74, 6) is 0.0537. The second-order valence-electron chi connectivity index (χ2n) is 3.70. The number of hydrogen-bond donors (Lipinski definition) is 1. The highest BCUT2D eigenvalue weighted by atomic mass is 16.2. The Balaban J connectivity index is 2.11. The third kappa shape index (κ3) is 2.20. The highest BCUT2D eigenvalue weighted by Gasteiger charge is 2.17. The Morgan fingerprint density at radius 3 is 2.44 bits per heavy atom. The molecule has 0 aromatic heterocycles. The Hall–Kier alpha value is -1.86. The number of rotatable bonds is 1. The quantitative estimate of drug-likeness (QED) is 0.716. The van der Waals surface area contributed by atoms with E-state index >= 15 is 0 Å². The molecule has 4 nitrogen and oxygen atoms in total. The van der Waals surface area contributed by atoms with Crippen molar-refractivity contribution < 1.29 is 4.79 Å². The van der Waals surface area contributed by atoms with E-state index in [2.05, 4.69) is 10.2 Å². The van der Waals surface area contributed by atoms with Gasteiger partial charge < -0.3 is 10.2 Å². The average Bonchev–Trinajstić information content (AvgIpc) is 2.39. The first-order chi connectivity index (χ1) is 7.81. The Labute approximate surface area is 94.7 Å². The average molecular weight is 215 g/mol. The summed E-state index contributed by atoms with van der Waals surface area (Å²) in [5.41, 5.74) is 1.23. The molecule has 2 rings (SSSR count). The fourth-order valence-corrected chi connectivity index (χ4v) is 1.73. The molecule has 0 spiro atoms. The number of carbonyl (C=O) groups is 1. The third-order valence-corrected chi connectivity index (χ3v) is 2.65. The van der Waals surface area contributed by atoms with E-state index in [0.717, 1.165) is 26.2 Å². The highest BCUT2D eigenvalue weighted by Crippen LogP contribution is 2.14. The molecule has 1 aliphatic heterocycles. The van der Waals surface area contributed by atoms with Crippen molar-refractivity contribution in [3.05, 3.63) is 41.2 Å². The first-order valence-corrected chi connectivity index (χ1v) is 5.29. The van der Waals surface area contributed by atoms with Crippen molar-refractivity contribution in [3.8, 4) is 0 Å². The van der Waals surface area contributed by atoms with Gasteiger partial charge in [0.2, 0.25) is 0 Å². The van der Waals surface area contributed by atoms with Gasteiger partial charge in [0.1, 0.15) is 0 Å². The molecule has 82 valence electrons. The molecule has 4 heteroatoms. The van der Waals surface area contributed by atoms with Crippen LogP contribution in [-0.4, -0.2) is 37.0 Å². The summed E-state index contributed by atoms with van der Waals surface area (Å²) in [7, 11) is 0. The maximum atomic E-state index is 12.0. The topological polar surface area (TPSA) is 36.7 Å². The van der Waals surface area contributed by atoms with Crippen LogP contribution < -0.4 is 5.32 Å². The smallest absolute Gasteiger partial charge is 0.253 e. The molecule has 0 atom stereocenters. The van der Waals surface area contributed by atoms with Gasteiger partial charge in [-0.2, -0.15) is 0 Å². The van der Waals surface area contributed by atoms with Crippen LogP contribution in [0, 0.1) is 6.57 Å². The lowest BCUT2D eigenvalue weighted by Gasteiger charge is -2.27. The number of nitrogens with one attached hydrogen (secondary N) is 1. The number of nitrogens with zero attached hydrogens (tertiary/aromatic N) is 2. The maximum Gasteiger partial charge on any atom is 0.253 e. The molecule has 1 aromatic rings. The van der Waals surface area contributed by atoms with E-state index in [1.54, 1.807) is 24.3 Å². The minimum absolute atomic E-state index is 0.0537. The van der Waals surface area contributed by atoms with E-state index in [0.29, 0.717) is 11.3 Å².